The Balaban J connectivity index is 1.48. The number of piperidine rings is 1. The lowest BCUT2D eigenvalue weighted by Gasteiger charge is -2.32. The Bertz CT molecular complexity index is 1150. The van der Waals surface area contributed by atoms with Crippen LogP contribution in [0, 0.1) is 5.92 Å². The van der Waals surface area contributed by atoms with E-state index in [-0.39, 0.29) is 41.8 Å². The zero-order chi connectivity index (χ0) is 26.7. The molecule has 0 radical (unpaired) electrons. The molecule has 15 heteroatoms. The van der Waals surface area contributed by atoms with Gasteiger partial charge in [-0.1, -0.05) is 0 Å². The number of halogens is 4. The predicted molar refractivity (Wildman–Crippen MR) is 123 cm³/mol. The molecule has 0 spiro atoms. The van der Waals surface area contributed by atoms with Gasteiger partial charge in [0.1, 0.15) is 12.7 Å². The van der Waals surface area contributed by atoms with Crippen LogP contribution >= 0.6 is 0 Å². The van der Waals surface area contributed by atoms with E-state index in [9.17, 15) is 27.2 Å². The number of rotatable bonds is 8. The summed E-state index contributed by atoms with van der Waals surface area (Å²) in [5.41, 5.74) is 11.9. The first-order chi connectivity index (χ1) is 17.5. The highest BCUT2D eigenvalue weighted by molar-refractivity contribution is 5.95. The van der Waals surface area contributed by atoms with Crippen LogP contribution in [0.4, 0.5) is 29.2 Å². The zero-order valence-electron chi connectivity index (χ0n) is 19.7. The topological polar surface area (TPSA) is 162 Å². The molecule has 1 saturated heterocycles. The van der Waals surface area contributed by atoms with E-state index >= 15 is 0 Å². The molecule has 1 aliphatic carbocycles. The summed E-state index contributed by atoms with van der Waals surface area (Å²) in [7, 11) is 0. The van der Waals surface area contributed by atoms with Crippen LogP contribution in [0.5, 0.6) is 6.01 Å². The number of nitrogen functional groups attached to an aromatic ring is 1. The molecule has 2 aliphatic rings. The number of nitrogens with two attached hydrogens (primary N) is 2. The van der Waals surface area contributed by atoms with E-state index in [4.69, 9.17) is 16.2 Å². The van der Waals surface area contributed by atoms with Crippen molar-refractivity contribution in [2.24, 2.45) is 11.7 Å². The molecule has 200 valence electrons. The summed E-state index contributed by atoms with van der Waals surface area (Å²) in [6.07, 6.45) is -3.67. The van der Waals surface area contributed by atoms with Crippen LogP contribution in [-0.4, -0.2) is 70.3 Å². The van der Waals surface area contributed by atoms with E-state index in [2.05, 4.69) is 19.9 Å². The molecule has 2 aromatic rings. The normalized spacial score (nSPS) is 20.3. The second-order valence-corrected chi connectivity index (χ2v) is 9.08. The van der Waals surface area contributed by atoms with Gasteiger partial charge in [-0.25, -0.2) is 9.37 Å². The lowest BCUT2D eigenvalue weighted by atomic mass is 9.84. The van der Waals surface area contributed by atoms with Gasteiger partial charge in [-0.2, -0.15) is 28.1 Å². The summed E-state index contributed by atoms with van der Waals surface area (Å²) in [4.78, 5) is 42.1. The highest BCUT2D eigenvalue weighted by atomic mass is 19.4. The summed E-state index contributed by atoms with van der Waals surface area (Å²) in [5.74, 6) is -2.36. The molecule has 0 bridgehead atoms. The summed E-state index contributed by atoms with van der Waals surface area (Å²) < 4.78 is 56.3. The molecular formula is C22H26F4N8O3. The SMILES string of the molecule is NC(=O)c1nc(C2CCN(c3nc(OCC4CC(F)C4)nc(C(=O)NCC(F)(F)F)n3)CC2)ccc1N. The summed E-state index contributed by atoms with van der Waals surface area (Å²) in [6, 6.07) is 3.07. The maximum atomic E-state index is 13.1. The summed E-state index contributed by atoms with van der Waals surface area (Å²) in [5, 5.41) is 1.74. The van der Waals surface area contributed by atoms with E-state index < -0.39 is 36.5 Å². The second kappa shape index (κ2) is 10.7. The van der Waals surface area contributed by atoms with E-state index in [1.165, 1.54) is 0 Å². The smallest absolute Gasteiger partial charge is 0.405 e. The maximum absolute atomic E-state index is 13.1. The van der Waals surface area contributed by atoms with Crippen molar-refractivity contribution in [3.05, 3.63) is 29.3 Å². The van der Waals surface area contributed by atoms with Crippen LogP contribution in [-0.2, 0) is 0 Å². The first kappa shape index (κ1) is 26.3. The number of aromatic nitrogens is 4. The number of primary amides is 1. The van der Waals surface area contributed by atoms with Crippen molar-refractivity contribution in [2.45, 2.75) is 43.9 Å². The third kappa shape index (κ3) is 6.71. The quantitative estimate of drug-likeness (QED) is 0.435. The maximum Gasteiger partial charge on any atom is 0.405 e. The Hall–Kier alpha value is -3.78. The number of ether oxygens (including phenoxy) is 1. The number of nitrogens with zero attached hydrogens (tertiary/aromatic N) is 5. The Kier molecular flexibility index (Phi) is 7.59. The van der Waals surface area contributed by atoms with E-state index in [0.717, 1.165) is 0 Å². The van der Waals surface area contributed by atoms with Crippen molar-refractivity contribution in [2.75, 3.05) is 36.9 Å². The first-order valence-electron chi connectivity index (χ1n) is 11.7. The van der Waals surface area contributed by atoms with Gasteiger partial charge in [0.25, 0.3) is 11.8 Å². The number of amides is 2. The number of carbonyl (C=O) groups is 2. The molecule has 4 rings (SSSR count). The molecule has 5 N–H and O–H groups in total. The molecular weight excluding hydrogens is 500 g/mol. The second-order valence-electron chi connectivity index (χ2n) is 9.08. The van der Waals surface area contributed by atoms with E-state index in [1.54, 1.807) is 22.3 Å². The van der Waals surface area contributed by atoms with Crippen molar-refractivity contribution < 1.29 is 31.9 Å². The van der Waals surface area contributed by atoms with Crippen molar-refractivity contribution >= 4 is 23.5 Å². The van der Waals surface area contributed by atoms with E-state index in [1.807, 2.05) is 0 Å². The van der Waals surface area contributed by atoms with Crippen molar-refractivity contribution in [3.63, 3.8) is 0 Å². The van der Waals surface area contributed by atoms with Gasteiger partial charge >= 0.3 is 12.2 Å². The zero-order valence-corrected chi connectivity index (χ0v) is 19.7. The third-order valence-corrected chi connectivity index (χ3v) is 6.26. The van der Waals surface area contributed by atoms with Gasteiger partial charge in [0.2, 0.25) is 11.8 Å². The monoisotopic (exact) mass is 526 g/mol. The number of nitrogens with one attached hydrogen (secondary N) is 1. The molecule has 37 heavy (non-hydrogen) atoms. The van der Waals surface area contributed by atoms with Crippen LogP contribution in [0.15, 0.2) is 12.1 Å². The Morgan fingerprint density at radius 3 is 2.43 bits per heavy atom. The van der Waals surface area contributed by atoms with Crippen LogP contribution in [0.2, 0.25) is 0 Å². The fourth-order valence-electron chi connectivity index (χ4n) is 4.18. The van der Waals surface area contributed by atoms with Crippen molar-refractivity contribution in [3.8, 4) is 6.01 Å². The van der Waals surface area contributed by atoms with Crippen LogP contribution in [0.3, 0.4) is 0 Å². The highest BCUT2D eigenvalue weighted by Crippen LogP contribution is 2.31. The van der Waals surface area contributed by atoms with Gasteiger partial charge in [0.15, 0.2) is 5.69 Å². The minimum atomic E-state index is -4.61. The molecule has 0 unspecified atom stereocenters. The highest BCUT2D eigenvalue weighted by Gasteiger charge is 2.32. The molecule has 3 heterocycles. The predicted octanol–water partition coefficient (Wildman–Crippen LogP) is 1.75. The Morgan fingerprint density at radius 2 is 1.81 bits per heavy atom. The fraction of sp³-hybridized carbons (Fsp3) is 0.545. The average molecular weight is 526 g/mol. The molecule has 1 aliphatic heterocycles. The lowest BCUT2D eigenvalue weighted by molar-refractivity contribution is -0.123. The van der Waals surface area contributed by atoms with Crippen molar-refractivity contribution in [1.29, 1.82) is 0 Å². The molecule has 0 atom stereocenters. The largest absolute Gasteiger partial charge is 0.463 e. The van der Waals surface area contributed by atoms with Gasteiger partial charge in [-0.15, -0.1) is 0 Å². The number of carbonyl (C=O) groups excluding carboxylic acids is 2. The minimum absolute atomic E-state index is 0.000702. The standard InChI is InChI=1S/C22H26F4N8O3/c23-13-7-11(8-13)9-37-21-32-18(19(36)29-10-22(24,25)26)31-20(33-21)34-5-3-12(4-6-34)15-2-1-14(27)16(30-15)17(28)35/h1-2,11-13H,3-10,27H2,(H2,28,35)(H,29,36). The lowest BCUT2D eigenvalue weighted by Crippen LogP contribution is -2.37. The fourth-order valence-corrected chi connectivity index (χ4v) is 4.18. The van der Waals surface area contributed by atoms with E-state index in [0.29, 0.717) is 44.5 Å². The van der Waals surface area contributed by atoms with Gasteiger partial charge in [-0.3, -0.25) is 9.59 Å². The van der Waals surface area contributed by atoms with Gasteiger partial charge in [0.05, 0.1) is 12.3 Å². The number of hydrogen-bond donors (Lipinski definition) is 3. The molecule has 2 fully saturated rings. The molecule has 1 saturated carbocycles. The van der Waals surface area contributed by atoms with Crippen molar-refractivity contribution in [1.82, 2.24) is 25.3 Å². The number of anilines is 2. The molecule has 11 nitrogen and oxygen atoms in total. The third-order valence-electron chi connectivity index (χ3n) is 6.26. The van der Waals surface area contributed by atoms with Crippen LogP contribution in [0.1, 0.15) is 58.4 Å². The van der Waals surface area contributed by atoms with Gasteiger partial charge in [0, 0.05) is 24.7 Å². The number of hydrogen-bond acceptors (Lipinski definition) is 9. The Morgan fingerprint density at radius 1 is 1.11 bits per heavy atom. The van der Waals surface area contributed by atoms with Gasteiger partial charge in [-0.05, 0) is 43.7 Å². The Labute approximate surface area is 209 Å². The number of alkyl halides is 4. The summed E-state index contributed by atoms with van der Waals surface area (Å²) >= 11 is 0. The molecule has 2 aromatic heterocycles. The number of pyridine rings is 1. The minimum Gasteiger partial charge on any atom is -0.463 e. The average Bonchev–Trinajstić information content (AvgIpc) is 2.84. The molecule has 2 amide bonds. The van der Waals surface area contributed by atoms with Gasteiger partial charge < -0.3 is 26.4 Å². The molecule has 0 aromatic carbocycles. The first-order valence-corrected chi connectivity index (χ1v) is 11.7. The van der Waals surface area contributed by atoms with Crippen LogP contribution < -0.4 is 26.4 Å². The van der Waals surface area contributed by atoms with Crippen LogP contribution in [0.25, 0.3) is 0 Å². The summed E-state index contributed by atoms with van der Waals surface area (Å²) in [6.45, 7) is -0.597.